The van der Waals surface area contributed by atoms with Crippen LogP contribution in [0.1, 0.15) is 105 Å². The SMILES string of the molecule is CC(C)CCC[C@@H](C)[C@H]1CC[C@H]2[C@@H]3C[C@H](Cl)[C@]4(Cl)C[C@@H](O)CC[C@]4(C)[C@H]3CC[C@]12C. The number of aliphatic hydroxyl groups excluding tert-OH is 1. The van der Waals surface area contributed by atoms with Crippen molar-refractivity contribution in [2.24, 2.45) is 46.3 Å². The molecule has 0 saturated heterocycles. The van der Waals surface area contributed by atoms with Gasteiger partial charge in [0.1, 0.15) is 0 Å². The largest absolute Gasteiger partial charge is 0.393 e. The van der Waals surface area contributed by atoms with Gasteiger partial charge < -0.3 is 5.11 Å². The number of fused-ring (bicyclic) bond motifs is 5. The summed E-state index contributed by atoms with van der Waals surface area (Å²) >= 11 is 14.4. The first-order chi connectivity index (χ1) is 14.0. The Balaban J connectivity index is 1.53. The van der Waals surface area contributed by atoms with Crippen LogP contribution >= 0.6 is 23.2 Å². The number of aliphatic hydroxyl groups is 1. The Morgan fingerprint density at radius 1 is 0.967 bits per heavy atom. The van der Waals surface area contributed by atoms with Crippen LogP contribution < -0.4 is 0 Å². The fourth-order valence-corrected chi connectivity index (χ4v) is 10.2. The quantitative estimate of drug-likeness (QED) is 0.414. The zero-order valence-corrected chi connectivity index (χ0v) is 21.6. The fraction of sp³-hybridized carbons (Fsp3) is 1.00. The molecular formula is C27H46Cl2O. The Hall–Kier alpha value is 0.540. The standard InChI is InChI=1S/C27H46Cl2O/c1-17(2)7-6-8-18(3)21-9-10-22-20-15-24(28)27(29)16-19(30)11-14-26(27,5)23(20)12-13-25(21,22)4/h17-24,30H,6-16H2,1-5H3/t18-,19+,20+,21-,22+,23+,24+,25-,26-,27-/m1/s1. The predicted molar refractivity (Wildman–Crippen MR) is 129 cm³/mol. The van der Waals surface area contributed by atoms with Crippen LogP contribution in [0.2, 0.25) is 0 Å². The van der Waals surface area contributed by atoms with Crippen molar-refractivity contribution in [3.05, 3.63) is 0 Å². The average molecular weight is 458 g/mol. The van der Waals surface area contributed by atoms with Crippen LogP contribution in [0, 0.1) is 46.3 Å². The molecule has 4 aliphatic rings. The molecule has 4 aliphatic carbocycles. The molecule has 4 fully saturated rings. The molecule has 30 heavy (non-hydrogen) atoms. The van der Waals surface area contributed by atoms with Crippen LogP contribution in [0.3, 0.4) is 0 Å². The fourth-order valence-electron chi connectivity index (χ4n) is 9.19. The van der Waals surface area contributed by atoms with Gasteiger partial charge in [0.15, 0.2) is 0 Å². The van der Waals surface area contributed by atoms with Gasteiger partial charge in [-0.15, -0.1) is 23.2 Å². The van der Waals surface area contributed by atoms with Gasteiger partial charge in [0.25, 0.3) is 0 Å². The number of hydrogen-bond acceptors (Lipinski definition) is 1. The average Bonchev–Trinajstić information content (AvgIpc) is 3.01. The van der Waals surface area contributed by atoms with E-state index in [1.165, 1.54) is 44.9 Å². The molecule has 0 unspecified atom stereocenters. The molecule has 0 aliphatic heterocycles. The van der Waals surface area contributed by atoms with Crippen molar-refractivity contribution in [1.29, 1.82) is 0 Å². The first-order valence-corrected chi connectivity index (χ1v) is 13.9. The highest BCUT2D eigenvalue weighted by molar-refractivity contribution is 6.33. The third kappa shape index (κ3) is 3.60. The topological polar surface area (TPSA) is 20.2 Å². The molecule has 0 bridgehead atoms. The van der Waals surface area contributed by atoms with Gasteiger partial charge in [-0.2, -0.15) is 0 Å². The van der Waals surface area contributed by atoms with Crippen molar-refractivity contribution in [2.75, 3.05) is 0 Å². The maximum Gasteiger partial charge on any atom is 0.0690 e. The predicted octanol–water partition coefficient (Wildman–Crippen LogP) is 8.05. The van der Waals surface area contributed by atoms with Crippen LogP contribution in [0.15, 0.2) is 0 Å². The minimum absolute atomic E-state index is 0.00904. The normalized spacial score (nSPS) is 51.9. The Labute approximate surface area is 196 Å². The van der Waals surface area contributed by atoms with E-state index in [-0.39, 0.29) is 16.9 Å². The van der Waals surface area contributed by atoms with Crippen LogP contribution in [0.25, 0.3) is 0 Å². The van der Waals surface area contributed by atoms with E-state index < -0.39 is 4.87 Å². The first-order valence-electron chi connectivity index (χ1n) is 13.0. The lowest BCUT2D eigenvalue weighted by Crippen LogP contribution is -2.64. The summed E-state index contributed by atoms with van der Waals surface area (Å²) in [5, 5.41) is 10.4. The summed E-state index contributed by atoms with van der Waals surface area (Å²) in [6.45, 7) is 12.3. The minimum atomic E-state index is -0.427. The summed E-state index contributed by atoms with van der Waals surface area (Å²) in [6.07, 6.45) is 13.1. The van der Waals surface area contributed by atoms with E-state index in [4.69, 9.17) is 23.2 Å². The zero-order valence-electron chi connectivity index (χ0n) is 20.1. The molecule has 0 amide bonds. The molecule has 0 aromatic heterocycles. The van der Waals surface area contributed by atoms with Crippen LogP contribution in [-0.4, -0.2) is 21.5 Å². The summed E-state index contributed by atoms with van der Waals surface area (Å²) in [4.78, 5) is -0.427. The molecule has 1 N–H and O–H groups in total. The van der Waals surface area contributed by atoms with Gasteiger partial charge in [0, 0.05) is 0 Å². The maximum atomic E-state index is 10.4. The molecule has 1 nitrogen and oxygen atoms in total. The monoisotopic (exact) mass is 456 g/mol. The number of halogens is 2. The number of hydrogen-bond donors (Lipinski definition) is 1. The van der Waals surface area contributed by atoms with E-state index in [9.17, 15) is 5.11 Å². The van der Waals surface area contributed by atoms with Gasteiger partial charge in [0.05, 0.1) is 16.4 Å². The summed E-state index contributed by atoms with van der Waals surface area (Å²) in [6, 6.07) is 0. The first kappa shape index (κ1) is 23.7. The van der Waals surface area contributed by atoms with E-state index in [0.717, 1.165) is 48.9 Å². The summed E-state index contributed by atoms with van der Waals surface area (Å²) in [5.41, 5.74) is 0.567. The highest BCUT2D eigenvalue weighted by Crippen LogP contribution is 2.71. The maximum absolute atomic E-state index is 10.4. The van der Waals surface area contributed by atoms with Gasteiger partial charge in [-0.25, -0.2) is 0 Å². The molecule has 174 valence electrons. The van der Waals surface area contributed by atoms with E-state index in [1.807, 2.05) is 0 Å². The molecule has 0 aromatic carbocycles. The lowest BCUT2D eigenvalue weighted by molar-refractivity contribution is -0.116. The summed E-state index contributed by atoms with van der Waals surface area (Å²) in [5.74, 6) is 4.79. The second-order valence-corrected chi connectivity index (χ2v) is 14.0. The van der Waals surface area contributed by atoms with E-state index in [0.29, 0.717) is 17.8 Å². The lowest BCUT2D eigenvalue weighted by atomic mass is 9.44. The Bertz CT molecular complexity index is 622. The summed E-state index contributed by atoms with van der Waals surface area (Å²) < 4.78 is 0. The molecule has 10 atom stereocenters. The van der Waals surface area contributed by atoms with Gasteiger partial charge >= 0.3 is 0 Å². The highest BCUT2D eigenvalue weighted by atomic mass is 35.5. The molecular weight excluding hydrogens is 411 g/mol. The second kappa shape index (κ2) is 8.39. The van der Waals surface area contributed by atoms with Gasteiger partial charge in [-0.1, -0.05) is 53.9 Å². The van der Waals surface area contributed by atoms with Gasteiger partial charge in [-0.3, -0.25) is 0 Å². The zero-order chi connectivity index (χ0) is 21.9. The van der Waals surface area contributed by atoms with E-state index in [2.05, 4.69) is 34.6 Å². The van der Waals surface area contributed by atoms with Crippen LogP contribution in [0.5, 0.6) is 0 Å². The summed E-state index contributed by atoms with van der Waals surface area (Å²) in [7, 11) is 0. The minimum Gasteiger partial charge on any atom is -0.393 e. The molecule has 3 heteroatoms. The second-order valence-electron chi connectivity index (χ2n) is 12.8. The Morgan fingerprint density at radius 2 is 1.70 bits per heavy atom. The molecule has 0 spiro atoms. The molecule has 0 heterocycles. The van der Waals surface area contributed by atoms with Crippen LogP contribution in [-0.2, 0) is 0 Å². The van der Waals surface area contributed by atoms with Gasteiger partial charge in [0.2, 0.25) is 0 Å². The lowest BCUT2D eigenvalue weighted by Gasteiger charge is -2.65. The third-order valence-electron chi connectivity index (χ3n) is 10.9. The highest BCUT2D eigenvalue weighted by Gasteiger charge is 2.67. The van der Waals surface area contributed by atoms with Crippen molar-refractivity contribution in [3.8, 4) is 0 Å². The number of alkyl halides is 2. The van der Waals surface area contributed by atoms with Crippen molar-refractivity contribution in [1.82, 2.24) is 0 Å². The Morgan fingerprint density at radius 3 is 2.40 bits per heavy atom. The smallest absolute Gasteiger partial charge is 0.0690 e. The third-order valence-corrected chi connectivity index (χ3v) is 12.4. The van der Waals surface area contributed by atoms with Crippen LogP contribution in [0.4, 0.5) is 0 Å². The van der Waals surface area contributed by atoms with Crippen molar-refractivity contribution >= 4 is 23.2 Å². The van der Waals surface area contributed by atoms with Gasteiger partial charge in [-0.05, 0) is 97.7 Å². The Kier molecular flexibility index (Phi) is 6.63. The molecule has 0 radical (unpaired) electrons. The van der Waals surface area contributed by atoms with E-state index in [1.54, 1.807) is 0 Å². The molecule has 0 aromatic rings. The van der Waals surface area contributed by atoms with Crippen molar-refractivity contribution in [3.63, 3.8) is 0 Å². The molecule has 4 saturated carbocycles. The van der Waals surface area contributed by atoms with Crippen molar-refractivity contribution < 1.29 is 5.11 Å². The van der Waals surface area contributed by atoms with Crippen molar-refractivity contribution in [2.45, 2.75) is 122 Å². The number of rotatable bonds is 5. The molecule has 4 rings (SSSR count). The van der Waals surface area contributed by atoms with E-state index >= 15 is 0 Å².